The van der Waals surface area contributed by atoms with Crippen molar-refractivity contribution in [2.45, 2.75) is 45.7 Å². The molecule has 2 aromatic rings. The van der Waals surface area contributed by atoms with Crippen molar-refractivity contribution >= 4 is 35.6 Å². The Kier molecular flexibility index (Phi) is 8.41. The van der Waals surface area contributed by atoms with Crippen molar-refractivity contribution in [2.24, 2.45) is 5.92 Å². The number of anilines is 2. The van der Waals surface area contributed by atoms with Crippen LogP contribution in [0.2, 0.25) is 0 Å². The number of piperidine rings is 1. The summed E-state index contributed by atoms with van der Waals surface area (Å²) in [5.41, 5.74) is 2.44. The van der Waals surface area contributed by atoms with Gasteiger partial charge in [0.25, 0.3) is 0 Å². The van der Waals surface area contributed by atoms with Gasteiger partial charge in [-0.3, -0.25) is 30.3 Å². The van der Waals surface area contributed by atoms with Gasteiger partial charge < -0.3 is 10.2 Å². The molecule has 3 heterocycles. The summed E-state index contributed by atoms with van der Waals surface area (Å²) in [4.78, 5) is 37.2. The number of pyridine rings is 1. The quantitative estimate of drug-likeness (QED) is 0.364. The molecule has 10 nitrogen and oxygen atoms in total. The first-order valence-electron chi connectivity index (χ1n) is 13.2. The van der Waals surface area contributed by atoms with E-state index in [2.05, 4.69) is 34.3 Å². The number of nitrogens with zero attached hydrogens (tertiary/aromatic N) is 5. The summed E-state index contributed by atoms with van der Waals surface area (Å²) in [7, 11) is 1.70. The number of amidine groups is 1. The van der Waals surface area contributed by atoms with E-state index in [1.165, 1.54) is 10.5 Å². The standard InChI is InChI=1S/C28H38N8O2/c1-19(2)36(18-29)26(30)24-6-5-7-25(32-24)35-17-16-34(28(35)38)23-10-8-21(9-11-23)20(3)33-14-12-22(13-15-33)27(37)31-4/h5-11,18-20,22,29-30H,12-17H2,1-4H3,(H,31,37). The lowest BCUT2D eigenvalue weighted by molar-refractivity contribution is -0.126. The molecule has 2 aliphatic heterocycles. The Balaban J connectivity index is 1.41. The molecule has 1 atom stereocenters. The minimum absolute atomic E-state index is 0.0468. The molecular formula is C28H38N8O2. The third-order valence-corrected chi connectivity index (χ3v) is 7.60. The van der Waals surface area contributed by atoms with E-state index in [1.54, 1.807) is 35.0 Å². The van der Waals surface area contributed by atoms with E-state index in [9.17, 15) is 9.59 Å². The fraction of sp³-hybridized carbons (Fsp3) is 0.464. The third kappa shape index (κ3) is 5.55. The predicted octanol–water partition coefficient (Wildman–Crippen LogP) is 3.69. The Morgan fingerprint density at radius 1 is 1.05 bits per heavy atom. The molecule has 1 aromatic heterocycles. The molecule has 1 unspecified atom stereocenters. The summed E-state index contributed by atoms with van der Waals surface area (Å²) in [6.07, 6.45) is 2.86. The van der Waals surface area contributed by atoms with Gasteiger partial charge in [0, 0.05) is 43.8 Å². The summed E-state index contributed by atoms with van der Waals surface area (Å²) >= 11 is 0. The van der Waals surface area contributed by atoms with Crippen molar-refractivity contribution in [2.75, 3.05) is 43.0 Å². The van der Waals surface area contributed by atoms with E-state index < -0.39 is 0 Å². The number of benzene rings is 1. The number of hydrogen-bond acceptors (Lipinski definition) is 6. The van der Waals surface area contributed by atoms with Crippen LogP contribution in [0.15, 0.2) is 42.5 Å². The van der Waals surface area contributed by atoms with Gasteiger partial charge >= 0.3 is 6.03 Å². The first kappa shape index (κ1) is 27.3. The normalized spacial score (nSPS) is 17.6. The van der Waals surface area contributed by atoms with Crippen LogP contribution in [0.25, 0.3) is 0 Å². The zero-order valence-corrected chi connectivity index (χ0v) is 22.6. The highest BCUT2D eigenvalue weighted by atomic mass is 16.2. The van der Waals surface area contributed by atoms with Crippen LogP contribution in [0, 0.1) is 16.7 Å². The van der Waals surface area contributed by atoms with Crippen LogP contribution in [0.3, 0.4) is 0 Å². The summed E-state index contributed by atoms with van der Waals surface area (Å²) in [5, 5.41) is 18.8. The molecule has 2 saturated heterocycles. The fourth-order valence-electron chi connectivity index (χ4n) is 5.20. The van der Waals surface area contributed by atoms with Gasteiger partial charge in [0.05, 0.1) is 6.34 Å². The molecule has 0 aliphatic carbocycles. The van der Waals surface area contributed by atoms with Crippen LogP contribution >= 0.6 is 0 Å². The number of carbonyl (C=O) groups is 2. The zero-order valence-electron chi connectivity index (χ0n) is 22.6. The summed E-state index contributed by atoms with van der Waals surface area (Å²) in [6.45, 7) is 8.83. The predicted molar refractivity (Wildman–Crippen MR) is 150 cm³/mol. The van der Waals surface area contributed by atoms with E-state index >= 15 is 0 Å². The van der Waals surface area contributed by atoms with Gasteiger partial charge in [-0.2, -0.15) is 0 Å². The first-order valence-corrected chi connectivity index (χ1v) is 13.2. The molecule has 0 bridgehead atoms. The number of aromatic nitrogens is 1. The Labute approximate surface area is 224 Å². The van der Waals surface area contributed by atoms with E-state index in [0.29, 0.717) is 24.6 Å². The molecule has 3 N–H and O–H groups in total. The number of amides is 3. The van der Waals surface area contributed by atoms with Gasteiger partial charge in [0.15, 0.2) is 5.84 Å². The van der Waals surface area contributed by atoms with Crippen LogP contribution in [-0.2, 0) is 4.79 Å². The van der Waals surface area contributed by atoms with Crippen LogP contribution in [-0.4, -0.2) is 78.2 Å². The summed E-state index contributed by atoms with van der Waals surface area (Å²) in [5.74, 6) is 0.859. The summed E-state index contributed by atoms with van der Waals surface area (Å²) in [6, 6.07) is 13.5. The second-order valence-electron chi connectivity index (χ2n) is 10.1. The van der Waals surface area contributed by atoms with E-state index in [1.807, 2.05) is 26.0 Å². The molecule has 2 fully saturated rings. The molecule has 38 heavy (non-hydrogen) atoms. The van der Waals surface area contributed by atoms with Crippen molar-refractivity contribution in [1.82, 2.24) is 20.1 Å². The monoisotopic (exact) mass is 518 g/mol. The second kappa shape index (κ2) is 11.7. The highest BCUT2D eigenvalue weighted by Gasteiger charge is 2.32. The third-order valence-electron chi connectivity index (χ3n) is 7.60. The number of hydrogen-bond donors (Lipinski definition) is 3. The Morgan fingerprint density at radius 2 is 1.71 bits per heavy atom. The van der Waals surface area contributed by atoms with Crippen LogP contribution in [0.5, 0.6) is 0 Å². The fourth-order valence-corrected chi connectivity index (χ4v) is 5.20. The van der Waals surface area contributed by atoms with Crippen LogP contribution < -0.4 is 15.1 Å². The van der Waals surface area contributed by atoms with Crippen molar-refractivity contribution in [3.05, 3.63) is 53.7 Å². The minimum atomic E-state index is -0.147. The van der Waals surface area contributed by atoms with E-state index in [-0.39, 0.29) is 35.8 Å². The zero-order chi connectivity index (χ0) is 27.4. The minimum Gasteiger partial charge on any atom is -0.359 e. The van der Waals surface area contributed by atoms with Crippen molar-refractivity contribution < 1.29 is 9.59 Å². The topological polar surface area (TPSA) is 120 Å². The van der Waals surface area contributed by atoms with Crippen molar-refractivity contribution in [3.8, 4) is 0 Å². The molecule has 0 radical (unpaired) electrons. The van der Waals surface area contributed by atoms with Gasteiger partial charge in [-0.1, -0.05) is 18.2 Å². The number of likely N-dealkylation sites (tertiary alicyclic amines) is 1. The maximum absolute atomic E-state index is 13.3. The van der Waals surface area contributed by atoms with Crippen LogP contribution in [0.4, 0.5) is 16.3 Å². The largest absolute Gasteiger partial charge is 0.359 e. The smallest absolute Gasteiger partial charge is 0.330 e. The summed E-state index contributed by atoms with van der Waals surface area (Å²) < 4.78 is 0. The average molecular weight is 519 g/mol. The molecule has 202 valence electrons. The van der Waals surface area contributed by atoms with E-state index in [0.717, 1.165) is 38.0 Å². The first-order chi connectivity index (χ1) is 18.2. The molecule has 1 aromatic carbocycles. The average Bonchev–Trinajstić information content (AvgIpc) is 3.33. The maximum Gasteiger partial charge on any atom is 0.330 e. The van der Waals surface area contributed by atoms with E-state index in [4.69, 9.17) is 10.8 Å². The number of urea groups is 1. The molecular weight excluding hydrogens is 480 g/mol. The second-order valence-corrected chi connectivity index (χ2v) is 10.1. The molecule has 2 aliphatic rings. The Morgan fingerprint density at radius 3 is 2.32 bits per heavy atom. The van der Waals surface area contributed by atoms with Gasteiger partial charge in [0.1, 0.15) is 11.5 Å². The molecule has 0 saturated carbocycles. The molecule has 0 spiro atoms. The van der Waals surface area contributed by atoms with Crippen LogP contribution in [0.1, 0.15) is 50.9 Å². The Bertz CT molecular complexity index is 1170. The number of carbonyl (C=O) groups excluding carboxylic acids is 2. The van der Waals surface area contributed by atoms with Gasteiger partial charge in [-0.25, -0.2) is 9.78 Å². The molecule has 10 heteroatoms. The highest BCUT2D eigenvalue weighted by Crippen LogP contribution is 2.30. The van der Waals surface area contributed by atoms with Gasteiger partial charge in [-0.05, 0) is 76.5 Å². The number of rotatable bonds is 8. The van der Waals surface area contributed by atoms with Crippen molar-refractivity contribution in [1.29, 1.82) is 10.8 Å². The van der Waals surface area contributed by atoms with Gasteiger partial charge in [-0.15, -0.1) is 0 Å². The SMILES string of the molecule is CNC(=O)C1CCN(C(C)c2ccc(N3CCN(c4cccc(C(=N)N(C=N)C(C)C)n4)C3=O)cc2)CC1. The highest BCUT2D eigenvalue weighted by molar-refractivity contribution is 6.06. The lowest BCUT2D eigenvalue weighted by Crippen LogP contribution is -2.40. The lowest BCUT2D eigenvalue weighted by Gasteiger charge is -2.35. The molecule has 4 rings (SSSR count). The lowest BCUT2D eigenvalue weighted by atomic mass is 9.94. The van der Waals surface area contributed by atoms with Gasteiger partial charge in [0.2, 0.25) is 5.91 Å². The van der Waals surface area contributed by atoms with Crippen molar-refractivity contribution in [3.63, 3.8) is 0 Å². The number of nitrogens with one attached hydrogen (secondary N) is 3. The molecule has 3 amide bonds. The Hall–Kier alpha value is -3.79. The maximum atomic E-state index is 13.3.